The van der Waals surface area contributed by atoms with Gasteiger partial charge in [-0.05, 0) is 19.3 Å². The maximum absolute atomic E-state index is 3.76. The molecule has 1 atom stereocenters. The highest BCUT2D eigenvalue weighted by molar-refractivity contribution is 5.02. The van der Waals surface area contributed by atoms with Crippen molar-refractivity contribution in [2.45, 2.75) is 6.42 Å². The molecular formula is C5H7. The van der Waals surface area contributed by atoms with Crippen LogP contribution in [0.5, 0.6) is 0 Å². The van der Waals surface area contributed by atoms with E-state index < -0.39 is 0 Å². The zero-order valence-electron chi connectivity index (χ0n) is 3.15. The van der Waals surface area contributed by atoms with E-state index in [0.29, 0.717) is 5.92 Å². The molecule has 1 radical (unpaired) electrons. The predicted molar refractivity (Wildman–Crippen MR) is 22.6 cm³/mol. The van der Waals surface area contributed by atoms with E-state index in [4.69, 9.17) is 0 Å². The lowest BCUT2D eigenvalue weighted by Gasteiger charge is -2.07. The van der Waals surface area contributed by atoms with Crippen molar-refractivity contribution in [3.05, 3.63) is 19.1 Å². The zero-order valence-corrected chi connectivity index (χ0v) is 3.15. The Hall–Kier alpha value is -0.260. The molecular weight excluding hydrogens is 60.1 g/mol. The SMILES string of the molecule is [CH2]C1C=CC1. The minimum atomic E-state index is 0.634. The van der Waals surface area contributed by atoms with E-state index in [-0.39, 0.29) is 0 Å². The molecule has 0 N–H and O–H groups in total. The van der Waals surface area contributed by atoms with E-state index in [1.807, 2.05) is 0 Å². The van der Waals surface area contributed by atoms with Crippen molar-refractivity contribution in [2.75, 3.05) is 0 Å². The third kappa shape index (κ3) is 0.344. The molecule has 0 amide bonds. The van der Waals surface area contributed by atoms with Crippen LogP contribution < -0.4 is 0 Å². The van der Waals surface area contributed by atoms with Gasteiger partial charge in [0, 0.05) is 0 Å². The minimum Gasteiger partial charge on any atom is -0.0877 e. The van der Waals surface area contributed by atoms with Crippen LogP contribution in [0.1, 0.15) is 6.42 Å². The predicted octanol–water partition coefficient (Wildman–Crippen LogP) is 1.40. The van der Waals surface area contributed by atoms with Gasteiger partial charge in [0.15, 0.2) is 0 Å². The van der Waals surface area contributed by atoms with Crippen LogP contribution in [0.3, 0.4) is 0 Å². The molecule has 0 bridgehead atoms. The van der Waals surface area contributed by atoms with Crippen LogP contribution in [-0.2, 0) is 0 Å². The van der Waals surface area contributed by atoms with E-state index in [1.165, 1.54) is 6.42 Å². The van der Waals surface area contributed by atoms with Gasteiger partial charge in [0.05, 0.1) is 0 Å². The quantitative estimate of drug-likeness (QED) is 0.376. The molecule has 0 aromatic rings. The number of allylic oxidation sites excluding steroid dienone is 2. The Kier molecular flexibility index (Phi) is 0.503. The fraction of sp³-hybridized carbons (Fsp3) is 0.400. The van der Waals surface area contributed by atoms with Gasteiger partial charge in [0.2, 0.25) is 0 Å². The van der Waals surface area contributed by atoms with Crippen molar-refractivity contribution >= 4 is 0 Å². The second-order valence-electron chi connectivity index (χ2n) is 1.42. The van der Waals surface area contributed by atoms with Crippen LogP contribution in [0.4, 0.5) is 0 Å². The Morgan fingerprint density at radius 3 is 2.20 bits per heavy atom. The summed E-state index contributed by atoms with van der Waals surface area (Å²) >= 11 is 0. The summed E-state index contributed by atoms with van der Waals surface area (Å²) in [4.78, 5) is 0. The van der Waals surface area contributed by atoms with Gasteiger partial charge in [-0.2, -0.15) is 0 Å². The number of hydrogen-bond acceptors (Lipinski definition) is 0. The smallest absolute Gasteiger partial charge is 0.0199 e. The Bertz CT molecular complexity index is 53.1. The lowest BCUT2D eigenvalue weighted by Crippen LogP contribution is -1.94. The molecule has 0 heterocycles. The van der Waals surface area contributed by atoms with Gasteiger partial charge in [-0.25, -0.2) is 0 Å². The summed E-state index contributed by atoms with van der Waals surface area (Å²) in [5.41, 5.74) is 0. The summed E-state index contributed by atoms with van der Waals surface area (Å²) in [5, 5.41) is 0. The standard InChI is InChI=1S/C5H7/c1-5-3-2-4-5/h2-3,5H,1,4H2. The maximum atomic E-state index is 3.76. The highest BCUT2D eigenvalue weighted by Crippen LogP contribution is 2.12. The first-order chi connectivity index (χ1) is 2.39. The summed E-state index contributed by atoms with van der Waals surface area (Å²) in [6, 6.07) is 0. The molecule has 0 aromatic heterocycles. The molecule has 0 saturated heterocycles. The summed E-state index contributed by atoms with van der Waals surface area (Å²) in [6.45, 7) is 3.76. The normalized spacial score (nSPS) is 33.4. The van der Waals surface area contributed by atoms with Crippen LogP contribution in [0.25, 0.3) is 0 Å². The van der Waals surface area contributed by atoms with E-state index in [2.05, 4.69) is 19.1 Å². The lowest BCUT2D eigenvalue weighted by atomic mass is 9.98. The lowest BCUT2D eigenvalue weighted by molar-refractivity contribution is 0.756. The molecule has 0 heteroatoms. The van der Waals surface area contributed by atoms with Crippen LogP contribution in [0, 0.1) is 12.8 Å². The average Bonchev–Trinajstić information content (AvgIpc) is 1.30. The Balaban J connectivity index is 2.39. The van der Waals surface area contributed by atoms with Gasteiger partial charge >= 0.3 is 0 Å². The largest absolute Gasteiger partial charge is 0.0877 e. The molecule has 0 spiro atoms. The van der Waals surface area contributed by atoms with Crippen molar-refractivity contribution in [1.82, 2.24) is 0 Å². The molecule has 5 heavy (non-hydrogen) atoms. The monoisotopic (exact) mass is 67.1 g/mol. The molecule has 1 rings (SSSR count). The molecule has 1 aliphatic rings. The third-order valence-electron chi connectivity index (χ3n) is 0.847. The molecule has 1 aliphatic carbocycles. The average molecular weight is 67.1 g/mol. The second-order valence-corrected chi connectivity index (χ2v) is 1.42. The summed E-state index contributed by atoms with van der Waals surface area (Å²) in [5.74, 6) is 0.634. The second kappa shape index (κ2) is 0.852. The molecule has 1 unspecified atom stereocenters. The molecule has 0 fully saturated rings. The maximum Gasteiger partial charge on any atom is -0.0199 e. The number of hydrogen-bond donors (Lipinski definition) is 0. The molecule has 0 aromatic carbocycles. The van der Waals surface area contributed by atoms with Gasteiger partial charge in [0.1, 0.15) is 0 Å². The summed E-state index contributed by atoms with van der Waals surface area (Å²) < 4.78 is 0. The van der Waals surface area contributed by atoms with E-state index >= 15 is 0 Å². The van der Waals surface area contributed by atoms with E-state index in [0.717, 1.165) is 0 Å². The summed E-state index contributed by atoms with van der Waals surface area (Å²) in [6.07, 6.45) is 5.44. The van der Waals surface area contributed by atoms with Crippen molar-refractivity contribution in [2.24, 2.45) is 5.92 Å². The van der Waals surface area contributed by atoms with Crippen LogP contribution in [-0.4, -0.2) is 0 Å². The Morgan fingerprint density at radius 1 is 1.80 bits per heavy atom. The van der Waals surface area contributed by atoms with Crippen LogP contribution >= 0.6 is 0 Å². The Labute approximate surface area is 32.5 Å². The fourth-order valence-electron chi connectivity index (χ4n) is 0.329. The van der Waals surface area contributed by atoms with Gasteiger partial charge in [-0.3, -0.25) is 0 Å². The van der Waals surface area contributed by atoms with Crippen molar-refractivity contribution < 1.29 is 0 Å². The van der Waals surface area contributed by atoms with Gasteiger partial charge in [0.25, 0.3) is 0 Å². The third-order valence-corrected chi connectivity index (χ3v) is 0.847. The summed E-state index contributed by atoms with van der Waals surface area (Å²) in [7, 11) is 0. The molecule has 0 nitrogen and oxygen atoms in total. The highest BCUT2D eigenvalue weighted by atomic mass is 14.0. The van der Waals surface area contributed by atoms with Crippen LogP contribution in [0.15, 0.2) is 12.2 Å². The van der Waals surface area contributed by atoms with Gasteiger partial charge in [-0.1, -0.05) is 12.2 Å². The first-order valence-corrected chi connectivity index (χ1v) is 1.89. The first-order valence-electron chi connectivity index (χ1n) is 1.89. The topological polar surface area (TPSA) is 0 Å². The fourth-order valence-corrected chi connectivity index (χ4v) is 0.329. The van der Waals surface area contributed by atoms with Gasteiger partial charge in [-0.15, -0.1) is 0 Å². The minimum absolute atomic E-state index is 0.634. The molecule has 0 saturated carbocycles. The zero-order chi connectivity index (χ0) is 3.70. The van der Waals surface area contributed by atoms with Crippen molar-refractivity contribution in [3.63, 3.8) is 0 Å². The van der Waals surface area contributed by atoms with E-state index in [9.17, 15) is 0 Å². The molecule has 0 aliphatic heterocycles. The van der Waals surface area contributed by atoms with Crippen molar-refractivity contribution in [1.29, 1.82) is 0 Å². The van der Waals surface area contributed by atoms with Gasteiger partial charge < -0.3 is 0 Å². The molecule has 27 valence electrons. The first kappa shape index (κ1) is 2.95. The highest BCUT2D eigenvalue weighted by Gasteiger charge is 1.98. The Morgan fingerprint density at radius 2 is 2.20 bits per heavy atom. The van der Waals surface area contributed by atoms with Crippen molar-refractivity contribution in [3.8, 4) is 0 Å². The number of rotatable bonds is 0. The van der Waals surface area contributed by atoms with E-state index in [1.54, 1.807) is 0 Å². The van der Waals surface area contributed by atoms with Crippen LogP contribution in [0.2, 0.25) is 0 Å².